The third-order valence-corrected chi connectivity index (χ3v) is 6.78. The summed E-state index contributed by atoms with van der Waals surface area (Å²) in [4.78, 5) is 30.4. The molecule has 1 saturated heterocycles. The van der Waals surface area contributed by atoms with Crippen LogP contribution < -0.4 is 15.4 Å². The molecule has 1 atom stereocenters. The summed E-state index contributed by atoms with van der Waals surface area (Å²) in [5, 5.41) is 5.89. The van der Waals surface area contributed by atoms with Gasteiger partial charge in [-0.15, -0.1) is 0 Å². The number of carbonyl (C=O) groups is 2. The van der Waals surface area contributed by atoms with Crippen molar-refractivity contribution in [2.45, 2.75) is 25.6 Å². The summed E-state index contributed by atoms with van der Waals surface area (Å²) in [6.45, 7) is 5.70. The molecule has 0 aliphatic carbocycles. The van der Waals surface area contributed by atoms with Gasteiger partial charge >= 0.3 is 0 Å². The van der Waals surface area contributed by atoms with E-state index in [4.69, 9.17) is 4.74 Å². The second-order valence-corrected chi connectivity index (χ2v) is 9.57. The first-order valence-corrected chi connectivity index (χ1v) is 12.5. The Labute approximate surface area is 212 Å². The highest BCUT2D eigenvalue weighted by Crippen LogP contribution is 2.28. The highest BCUT2D eigenvalue weighted by molar-refractivity contribution is 5.98. The summed E-state index contributed by atoms with van der Waals surface area (Å²) >= 11 is 0. The molecule has 2 aliphatic heterocycles. The number of hydrogen-bond acceptors (Lipinski definition) is 5. The lowest BCUT2D eigenvalue weighted by molar-refractivity contribution is -0.122. The molecule has 0 aromatic heterocycles. The number of benzene rings is 3. The van der Waals surface area contributed by atoms with Crippen molar-refractivity contribution in [3.63, 3.8) is 0 Å². The van der Waals surface area contributed by atoms with Crippen LogP contribution in [0.1, 0.15) is 27.0 Å². The van der Waals surface area contributed by atoms with E-state index in [0.717, 1.165) is 49.6 Å². The molecule has 36 heavy (non-hydrogen) atoms. The molecule has 3 aromatic rings. The van der Waals surface area contributed by atoms with Crippen molar-refractivity contribution in [2.75, 3.05) is 38.5 Å². The van der Waals surface area contributed by atoms with Crippen molar-refractivity contribution in [1.82, 2.24) is 15.1 Å². The number of rotatable bonds is 7. The highest BCUT2D eigenvalue weighted by atomic mass is 16.5. The Balaban J connectivity index is 1.14. The minimum Gasteiger partial charge on any atom is -0.480 e. The minimum absolute atomic E-state index is 0.180. The van der Waals surface area contributed by atoms with Crippen molar-refractivity contribution in [3.8, 4) is 5.75 Å². The Morgan fingerprint density at radius 1 is 0.917 bits per heavy atom. The van der Waals surface area contributed by atoms with E-state index >= 15 is 0 Å². The monoisotopic (exact) mass is 484 g/mol. The summed E-state index contributed by atoms with van der Waals surface area (Å²) in [6.07, 6.45) is -0.0335. The van der Waals surface area contributed by atoms with Crippen molar-refractivity contribution in [3.05, 3.63) is 95.1 Å². The lowest BCUT2D eigenvalue weighted by atomic mass is 10.1. The topological polar surface area (TPSA) is 73.9 Å². The van der Waals surface area contributed by atoms with Crippen molar-refractivity contribution in [2.24, 2.45) is 0 Å². The Morgan fingerprint density at radius 3 is 2.53 bits per heavy atom. The first kappa shape index (κ1) is 24.0. The first-order valence-electron chi connectivity index (χ1n) is 12.5. The number of carbonyl (C=O) groups excluding carboxylic acids is 2. The van der Waals surface area contributed by atoms with Gasteiger partial charge in [-0.25, -0.2) is 0 Å². The predicted molar refractivity (Wildman–Crippen MR) is 140 cm³/mol. The predicted octanol–water partition coefficient (Wildman–Crippen LogP) is 3.31. The summed E-state index contributed by atoms with van der Waals surface area (Å²) in [5.74, 6) is 0.347. The Morgan fingerprint density at radius 2 is 1.69 bits per heavy atom. The van der Waals surface area contributed by atoms with Gasteiger partial charge in [0.05, 0.1) is 0 Å². The average Bonchev–Trinajstić information content (AvgIpc) is 3.34. The average molecular weight is 485 g/mol. The number of fused-ring (bicyclic) bond motifs is 1. The number of anilines is 1. The van der Waals surface area contributed by atoms with Crippen LogP contribution in [0.15, 0.2) is 72.8 Å². The van der Waals surface area contributed by atoms with E-state index in [0.29, 0.717) is 24.2 Å². The van der Waals surface area contributed by atoms with Crippen LogP contribution in [-0.4, -0.2) is 60.9 Å². The molecule has 0 bridgehead atoms. The van der Waals surface area contributed by atoms with Gasteiger partial charge in [0.2, 0.25) is 0 Å². The molecule has 2 N–H and O–H groups in total. The third-order valence-electron chi connectivity index (χ3n) is 6.78. The zero-order valence-corrected chi connectivity index (χ0v) is 20.6. The van der Waals surface area contributed by atoms with Gasteiger partial charge in [-0.05, 0) is 48.0 Å². The first-order chi connectivity index (χ1) is 17.5. The van der Waals surface area contributed by atoms with Gasteiger partial charge in [0.25, 0.3) is 11.8 Å². The number of nitrogens with zero attached hydrogens (tertiary/aromatic N) is 2. The van der Waals surface area contributed by atoms with Crippen molar-refractivity contribution >= 4 is 17.5 Å². The largest absolute Gasteiger partial charge is 0.480 e. The lowest BCUT2D eigenvalue weighted by Crippen LogP contribution is -2.43. The zero-order valence-electron chi connectivity index (χ0n) is 20.6. The lowest BCUT2D eigenvalue weighted by Gasteiger charge is -2.32. The van der Waals surface area contributed by atoms with Crippen molar-refractivity contribution < 1.29 is 14.3 Å². The van der Waals surface area contributed by atoms with Gasteiger partial charge in [-0.3, -0.25) is 14.5 Å². The Hall–Kier alpha value is -3.68. The summed E-state index contributed by atoms with van der Waals surface area (Å²) in [7, 11) is 2.16. The second kappa shape index (κ2) is 10.9. The van der Waals surface area contributed by atoms with E-state index in [1.807, 2.05) is 36.4 Å². The van der Waals surface area contributed by atoms with E-state index in [1.54, 1.807) is 24.3 Å². The van der Waals surface area contributed by atoms with E-state index < -0.39 is 6.10 Å². The van der Waals surface area contributed by atoms with E-state index in [1.165, 1.54) is 5.56 Å². The molecule has 7 nitrogen and oxygen atoms in total. The van der Waals surface area contributed by atoms with Crippen LogP contribution >= 0.6 is 0 Å². The van der Waals surface area contributed by atoms with Crippen LogP contribution in [-0.2, 0) is 24.3 Å². The molecule has 2 amide bonds. The van der Waals surface area contributed by atoms with Gasteiger partial charge in [0.15, 0.2) is 6.10 Å². The summed E-state index contributed by atoms with van der Waals surface area (Å²) < 4.78 is 5.77. The van der Waals surface area contributed by atoms with E-state index in [9.17, 15) is 9.59 Å². The number of nitrogens with one attached hydrogen (secondary N) is 2. The zero-order chi connectivity index (χ0) is 24.9. The normalized spacial score (nSPS) is 17.8. The molecule has 0 radical (unpaired) electrons. The van der Waals surface area contributed by atoms with Gasteiger partial charge in [0, 0.05) is 56.9 Å². The molecule has 186 valence electrons. The van der Waals surface area contributed by atoms with Gasteiger partial charge in [-0.1, -0.05) is 48.5 Å². The van der Waals surface area contributed by atoms with Gasteiger partial charge in [-0.2, -0.15) is 0 Å². The minimum atomic E-state index is -0.571. The van der Waals surface area contributed by atoms with Crippen LogP contribution in [0.5, 0.6) is 5.75 Å². The second-order valence-electron chi connectivity index (χ2n) is 9.57. The Bertz CT molecular complexity index is 1210. The third kappa shape index (κ3) is 5.93. The van der Waals surface area contributed by atoms with Crippen LogP contribution in [0, 0.1) is 0 Å². The fourth-order valence-corrected chi connectivity index (χ4v) is 4.68. The molecule has 2 aliphatic rings. The number of piperazine rings is 1. The number of likely N-dealkylation sites (N-methyl/N-ethyl adjacent to an activating group) is 1. The molecule has 1 fully saturated rings. The molecule has 5 rings (SSSR count). The quantitative estimate of drug-likeness (QED) is 0.538. The molecule has 0 spiro atoms. The van der Waals surface area contributed by atoms with E-state index in [-0.39, 0.29) is 11.8 Å². The van der Waals surface area contributed by atoms with Gasteiger partial charge in [0.1, 0.15) is 5.75 Å². The molecule has 1 unspecified atom stereocenters. The highest BCUT2D eigenvalue weighted by Gasteiger charge is 2.28. The molecular formula is C29H32N4O3. The maximum Gasteiger partial charge on any atom is 0.265 e. The SMILES string of the molecule is CN1CCN(Cc2cccc(CNC(=O)c3cccc(NC(=O)C4Cc5ccccc5O4)c3)c2)CC1. The molecule has 7 heteroatoms. The maximum atomic E-state index is 12.8. The van der Waals surface area contributed by atoms with Crippen LogP contribution in [0.4, 0.5) is 5.69 Å². The van der Waals surface area contributed by atoms with Crippen LogP contribution in [0.2, 0.25) is 0 Å². The maximum absolute atomic E-state index is 12.8. The fourth-order valence-electron chi connectivity index (χ4n) is 4.68. The molecule has 2 heterocycles. The molecule has 0 saturated carbocycles. The van der Waals surface area contributed by atoms with Gasteiger partial charge < -0.3 is 20.3 Å². The number of ether oxygens (including phenoxy) is 1. The van der Waals surface area contributed by atoms with Crippen molar-refractivity contribution in [1.29, 1.82) is 0 Å². The summed E-state index contributed by atoms with van der Waals surface area (Å²) in [6, 6.07) is 23.0. The van der Waals surface area contributed by atoms with Crippen LogP contribution in [0.3, 0.4) is 0 Å². The van der Waals surface area contributed by atoms with E-state index in [2.05, 4.69) is 39.6 Å². The fraction of sp³-hybridized carbons (Fsp3) is 0.310. The smallest absolute Gasteiger partial charge is 0.265 e. The number of para-hydroxylation sites is 1. The standard InChI is InChI=1S/C29H32N4O3/c1-32-12-14-33(15-13-32)20-22-7-4-6-21(16-22)19-30-28(34)24-9-5-10-25(17-24)31-29(35)27-18-23-8-2-3-11-26(23)36-27/h2-11,16-17,27H,12-15,18-20H2,1H3,(H,30,34)(H,31,35). The molecule has 3 aromatic carbocycles. The molecular weight excluding hydrogens is 452 g/mol. The number of amides is 2. The number of hydrogen-bond donors (Lipinski definition) is 2. The van der Waals surface area contributed by atoms with Crippen LogP contribution in [0.25, 0.3) is 0 Å². The Kier molecular flexibility index (Phi) is 7.30. The summed E-state index contributed by atoms with van der Waals surface area (Å²) in [5.41, 5.74) is 4.42.